The van der Waals surface area contributed by atoms with E-state index in [2.05, 4.69) is 17.4 Å². The van der Waals surface area contributed by atoms with Crippen LogP contribution in [0.5, 0.6) is 11.5 Å². The molecule has 0 aromatic heterocycles. The Bertz CT molecular complexity index is 644. The highest BCUT2D eigenvalue weighted by atomic mass is 16.5. The molecule has 0 aliphatic carbocycles. The van der Waals surface area contributed by atoms with Gasteiger partial charge in [0.15, 0.2) is 11.5 Å². The summed E-state index contributed by atoms with van der Waals surface area (Å²) in [6, 6.07) is 15.2. The molecule has 24 heavy (non-hydrogen) atoms. The molecule has 0 radical (unpaired) electrons. The second kappa shape index (κ2) is 9.57. The van der Waals surface area contributed by atoms with E-state index in [1.54, 1.807) is 18.2 Å². The van der Waals surface area contributed by atoms with Crippen molar-refractivity contribution in [1.29, 1.82) is 0 Å². The quantitative estimate of drug-likeness (QED) is 0.615. The molecule has 1 amide bonds. The zero-order chi connectivity index (χ0) is 17.2. The van der Waals surface area contributed by atoms with E-state index in [1.807, 2.05) is 18.2 Å². The topological polar surface area (TPSA) is 84.6 Å². The zero-order valence-electron chi connectivity index (χ0n) is 13.7. The van der Waals surface area contributed by atoms with Gasteiger partial charge in [0.1, 0.15) is 6.61 Å². The van der Waals surface area contributed by atoms with E-state index < -0.39 is 0 Å². The number of phenolic OH excluding ortho intramolecular Hbond substituents is 1. The molecule has 0 aliphatic rings. The Morgan fingerprint density at radius 1 is 1.12 bits per heavy atom. The van der Waals surface area contributed by atoms with E-state index in [9.17, 15) is 9.90 Å². The third kappa shape index (κ3) is 5.93. The summed E-state index contributed by atoms with van der Waals surface area (Å²) in [6.45, 7) is 1.36. The van der Waals surface area contributed by atoms with Crippen molar-refractivity contribution in [3.63, 3.8) is 0 Å². The molecule has 4 N–H and O–H groups in total. The number of hydrogen-bond donors (Lipinski definition) is 3. The predicted octanol–water partition coefficient (Wildman–Crippen LogP) is 2.02. The monoisotopic (exact) mass is 328 g/mol. The van der Waals surface area contributed by atoms with Crippen LogP contribution < -0.4 is 15.8 Å². The Hall–Kier alpha value is -2.53. The van der Waals surface area contributed by atoms with Gasteiger partial charge >= 0.3 is 0 Å². The van der Waals surface area contributed by atoms with Crippen molar-refractivity contribution in [2.45, 2.75) is 19.3 Å². The van der Waals surface area contributed by atoms with Gasteiger partial charge in [0.2, 0.25) is 5.91 Å². The van der Waals surface area contributed by atoms with E-state index in [0.717, 1.165) is 18.4 Å². The lowest BCUT2D eigenvalue weighted by Gasteiger charge is -2.09. The minimum Gasteiger partial charge on any atom is -0.504 e. The van der Waals surface area contributed by atoms with Crippen LogP contribution in [0, 0.1) is 0 Å². The van der Waals surface area contributed by atoms with Crippen molar-refractivity contribution >= 4 is 5.91 Å². The van der Waals surface area contributed by atoms with Crippen molar-refractivity contribution in [1.82, 2.24) is 5.32 Å². The number of ether oxygens (including phenoxy) is 1. The maximum Gasteiger partial charge on any atom is 0.224 e. The maximum atomic E-state index is 12.0. The molecule has 0 saturated carbocycles. The number of rotatable bonds is 9. The van der Waals surface area contributed by atoms with Crippen molar-refractivity contribution in [2.75, 3.05) is 19.7 Å². The van der Waals surface area contributed by atoms with Crippen LogP contribution in [0.2, 0.25) is 0 Å². The summed E-state index contributed by atoms with van der Waals surface area (Å²) in [7, 11) is 0. The minimum absolute atomic E-state index is 0.0258. The Kier molecular flexibility index (Phi) is 7.11. The molecule has 2 aromatic rings. The van der Waals surface area contributed by atoms with Gasteiger partial charge in [0.05, 0.1) is 6.42 Å². The first-order valence-electron chi connectivity index (χ1n) is 8.14. The first kappa shape index (κ1) is 17.8. The van der Waals surface area contributed by atoms with Crippen molar-refractivity contribution in [3.05, 3.63) is 59.7 Å². The lowest BCUT2D eigenvalue weighted by atomic mass is 10.1. The number of benzene rings is 2. The molecule has 2 rings (SSSR count). The van der Waals surface area contributed by atoms with Crippen molar-refractivity contribution < 1.29 is 14.6 Å². The molecule has 0 atom stereocenters. The lowest BCUT2D eigenvalue weighted by molar-refractivity contribution is -0.120. The fourth-order valence-corrected chi connectivity index (χ4v) is 2.38. The van der Waals surface area contributed by atoms with Crippen LogP contribution in [-0.4, -0.2) is 30.7 Å². The molecular weight excluding hydrogens is 304 g/mol. The summed E-state index contributed by atoms with van der Waals surface area (Å²) >= 11 is 0. The van der Waals surface area contributed by atoms with Crippen LogP contribution in [0.3, 0.4) is 0 Å². The second-order valence-corrected chi connectivity index (χ2v) is 5.56. The van der Waals surface area contributed by atoms with Crippen LogP contribution >= 0.6 is 0 Å². The largest absolute Gasteiger partial charge is 0.504 e. The maximum absolute atomic E-state index is 12.0. The van der Waals surface area contributed by atoms with E-state index in [4.69, 9.17) is 10.5 Å². The van der Waals surface area contributed by atoms with Gasteiger partial charge in [-0.3, -0.25) is 4.79 Å². The molecule has 0 aliphatic heterocycles. The smallest absolute Gasteiger partial charge is 0.224 e. The average Bonchev–Trinajstić information content (AvgIpc) is 2.59. The van der Waals surface area contributed by atoms with Gasteiger partial charge in [-0.05, 0) is 36.1 Å². The molecule has 0 heterocycles. The van der Waals surface area contributed by atoms with Crippen LogP contribution in [0.4, 0.5) is 0 Å². The summed E-state index contributed by atoms with van der Waals surface area (Å²) in [4.78, 5) is 12.0. The van der Waals surface area contributed by atoms with E-state index in [0.29, 0.717) is 25.4 Å². The fourth-order valence-electron chi connectivity index (χ4n) is 2.38. The summed E-state index contributed by atoms with van der Waals surface area (Å²) in [5, 5.41) is 12.8. The highest BCUT2D eigenvalue weighted by molar-refractivity contribution is 5.78. The summed E-state index contributed by atoms with van der Waals surface area (Å²) in [5.74, 6) is 0.350. The predicted molar refractivity (Wildman–Crippen MR) is 94.1 cm³/mol. The average molecular weight is 328 g/mol. The zero-order valence-corrected chi connectivity index (χ0v) is 13.7. The fraction of sp³-hybridized carbons (Fsp3) is 0.316. The highest BCUT2D eigenvalue weighted by Gasteiger charge is 2.07. The molecule has 2 aromatic carbocycles. The van der Waals surface area contributed by atoms with Crippen LogP contribution in [0.15, 0.2) is 48.5 Å². The Balaban J connectivity index is 1.73. The van der Waals surface area contributed by atoms with E-state index in [-0.39, 0.29) is 18.1 Å². The SMILES string of the molecule is NCCOc1ccc(CC(=O)NCCCc2ccccc2)cc1O. The lowest BCUT2D eigenvalue weighted by Crippen LogP contribution is -2.26. The Labute approximate surface area is 142 Å². The van der Waals surface area contributed by atoms with Gasteiger partial charge in [0.25, 0.3) is 0 Å². The number of amides is 1. The molecule has 128 valence electrons. The van der Waals surface area contributed by atoms with Crippen LogP contribution in [0.25, 0.3) is 0 Å². The number of hydrogen-bond acceptors (Lipinski definition) is 4. The van der Waals surface area contributed by atoms with Crippen LogP contribution in [0.1, 0.15) is 17.5 Å². The number of aryl methyl sites for hydroxylation is 1. The van der Waals surface area contributed by atoms with Gasteiger partial charge in [-0.2, -0.15) is 0 Å². The van der Waals surface area contributed by atoms with Gasteiger partial charge < -0.3 is 20.9 Å². The number of carbonyl (C=O) groups excluding carboxylic acids is 1. The third-order valence-corrected chi connectivity index (χ3v) is 3.57. The molecule has 0 unspecified atom stereocenters. The van der Waals surface area contributed by atoms with Gasteiger partial charge in [-0.15, -0.1) is 0 Å². The highest BCUT2D eigenvalue weighted by Crippen LogP contribution is 2.26. The first-order valence-corrected chi connectivity index (χ1v) is 8.14. The summed E-state index contributed by atoms with van der Waals surface area (Å²) in [5.41, 5.74) is 7.37. The second-order valence-electron chi connectivity index (χ2n) is 5.56. The minimum atomic E-state index is -0.0573. The molecule has 0 spiro atoms. The summed E-state index contributed by atoms with van der Waals surface area (Å²) < 4.78 is 5.29. The van der Waals surface area contributed by atoms with E-state index >= 15 is 0 Å². The number of nitrogens with one attached hydrogen (secondary N) is 1. The number of phenols is 1. The molecule has 0 bridgehead atoms. The molecule has 0 saturated heterocycles. The number of nitrogens with two attached hydrogens (primary N) is 1. The Morgan fingerprint density at radius 2 is 1.92 bits per heavy atom. The standard InChI is InChI=1S/C19H24N2O3/c20-10-12-24-18-9-8-16(13-17(18)22)14-19(23)21-11-4-7-15-5-2-1-3-6-15/h1-3,5-6,8-9,13,22H,4,7,10-12,14,20H2,(H,21,23). The third-order valence-electron chi connectivity index (χ3n) is 3.57. The number of carbonyl (C=O) groups is 1. The molecule has 0 fully saturated rings. The normalized spacial score (nSPS) is 10.4. The van der Waals surface area contributed by atoms with Gasteiger partial charge in [-0.25, -0.2) is 0 Å². The van der Waals surface area contributed by atoms with Gasteiger partial charge in [0, 0.05) is 13.1 Å². The van der Waals surface area contributed by atoms with Crippen molar-refractivity contribution in [3.8, 4) is 11.5 Å². The molecule has 5 nitrogen and oxygen atoms in total. The van der Waals surface area contributed by atoms with Crippen LogP contribution in [-0.2, 0) is 17.6 Å². The summed E-state index contributed by atoms with van der Waals surface area (Å²) in [6.07, 6.45) is 2.07. The molecular formula is C19H24N2O3. The Morgan fingerprint density at radius 3 is 2.62 bits per heavy atom. The van der Waals surface area contributed by atoms with E-state index in [1.165, 1.54) is 5.56 Å². The van der Waals surface area contributed by atoms with Gasteiger partial charge in [-0.1, -0.05) is 36.4 Å². The van der Waals surface area contributed by atoms with Crippen molar-refractivity contribution in [2.24, 2.45) is 5.73 Å². The molecule has 5 heteroatoms. The number of aromatic hydroxyl groups is 1. The first-order chi connectivity index (χ1) is 11.7.